The maximum absolute atomic E-state index is 15.3. The minimum atomic E-state index is -0.739. The van der Waals surface area contributed by atoms with Crippen LogP contribution < -0.4 is 15.5 Å². The van der Waals surface area contributed by atoms with Gasteiger partial charge in [0.2, 0.25) is 5.91 Å². The fourth-order valence-corrected chi connectivity index (χ4v) is 5.02. The Hall–Kier alpha value is -4.47. The summed E-state index contributed by atoms with van der Waals surface area (Å²) in [5, 5.41) is 5.16. The highest BCUT2D eigenvalue weighted by Crippen LogP contribution is 2.33. The molecule has 1 saturated heterocycles. The van der Waals surface area contributed by atoms with Crippen molar-refractivity contribution in [2.45, 2.75) is 25.7 Å². The Labute approximate surface area is 204 Å². The highest BCUT2D eigenvalue weighted by molar-refractivity contribution is 6.10. The number of furan rings is 1. The first kappa shape index (κ1) is 22.0. The van der Waals surface area contributed by atoms with Crippen molar-refractivity contribution in [3.63, 3.8) is 0 Å². The number of amides is 3. The molecule has 1 fully saturated rings. The zero-order valence-corrected chi connectivity index (χ0v) is 19.2. The van der Waals surface area contributed by atoms with Crippen LogP contribution in [-0.4, -0.2) is 40.6 Å². The fraction of sp³-hybridized carbons (Fsp3) is 0.231. The Morgan fingerprint density at radius 3 is 2.58 bits per heavy atom. The van der Waals surface area contributed by atoms with E-state index in [2.05, 4.69) is 5.10 Å². The van der Waals surface area contributed by atoms with Crippen LogP contribution in [0.2, 0.25) is 0 Å². The maximum atomic E-state index is 15.3. The zero-order valence-electron chi connectivity index (χ0n) is 19.2. The predicted octanol–water partition coefficient (Wildman–Crippen LogP) is 3.58. The van der Waals surface area contributed by atoms with Crippen molar-refractivity contribution in [1.82, 2.24) is 9.78 Å². The van der Waals surface area contributed by atoms with E-state index >= 15 is 4.39 Å². The second-order valence-corrected chi connectivity index (χ2v) is 8.94. The minimum absolute atomic E-state index is 0.0183. The van der Waals surface area contributed by atoms with E-state index in [9.17, 15) is 14.4 Å². The summed E-state index contributed by atoms with van der Waals surface area (Å²) in [6, 6.07) is 11.5. The number of rotatable bonds is 4. The van der Waals surface area contributed by atoms with Crippen LogP contribution >= 0.6 is 0 Å². The van der Waals surface area contributed by atoms with E-state index < -0.39 is 17.6 Å². The molecule has 0 unspecified atom stereocenters. The lowest BCUT2D eigenvalue weighted by Crippen LogP contribution is -2.40. The van der Waals surface area contributed by atoms with Gasteiger partial charge in [0.25, 0.3) is 11.8 Å². The molecule has 36 heavy (non-hydrogen) atoms. The number of nitrogens with zero attached hydrogens (tertiary/aromatic N) is 4. The molecule has 2 aromatic heterocycles. The van der Waals surface area contributed by atoms with Crippen LogP contribution in [0.5, 0.6) is 0 Å². The van der Waals surface area contributed by atoms with Crippen LogP contribution in [0.1, 0.15) is 45.8 Å². The molecule has 0 radical (unpaired) electrons. The molecule has 4 aromatic rings. The van der Waals surface area contributed by atoms with Crippen molar-refractivity contribution in [1.29, 1.82) is 0 Å². The number of halogens is 1. The van der Waals surface area contributed by atoms with E-state index in [0.29, 0.717) is 35.5 Å². The number of nitrogens with two attached hydrogens (primary N) is 1. The van der Waals surface area contributed by atoms with Gasteiger partial charge in [-0.15, -0.1) is 0 Å². The normalized spacial score (nSPS) is 16.0. The summed E-state index contributed by atoms with van der Waals surface area (Å²) in [5.74, 6) is -1.88. The molecule has 2 aliphatic heterocycles. The topological polar surface area (TPSA) is 115 Å². The molecule has 10 heteroatoms. The number of piperidine rings is 1. The van der Waals surface area contributed by atoms with Crippen molar-refractivity contribution in [3.8, 4) is 5.69 Å². The van der Waals surface area contributed by atoms with Gasteiger partial charge in [-0.25, -0.2) is 9.07 Å². The molecule has 3 amide bonds. The first-order valence-electron chi connectivity index (χ1n) is 11.7. The number of carbonyl (C=O) groups excluding carboxylic acids is 3. The quantitative estimate of drug-likeness (QED) is 0.473. The predicted molar refractivity (Wildman–Crippen MR) is 130 cm³/mol. The Morgan fingerprint density at radius 2 is 1.81 bits per heavy atom. The first-order chi connectivity index (χ1) is 17.4. The van der Waals surface area contributed by atoms with Crippen LogP contribution in [0.3, 0.4) is 0 Å². The summed E-state index contributed by atoms with van der Waals surface area (Å²) in [6.07, 6.45) is 3.96. The van der Waals surface area contributed by atoms with Gasteiger partial charge < -0.3 is 20.0 Å². The van der Waals surface area contributed by atoms with Gasteiger partial charge in [-0.2, -0.15) is 5.10 Å². The van der Waals surface area contributed by atoms with E-state index in [0.717, 1.165) is 18.2 Å². The van der Waals surface area contributed by atoms with Crippen molar-refractivity contribution in [2.24, 2.45) is 5.73 Å². The molecule has 9 nitrogen and oxygen atoms in total. The van der Waals surface area contributed by atoms with Gasteiger partial charge in [-0.3, -0.25) is 14.4 Å². The average molecular weight is 487 g/mol. The van der Waals surface area contributed by atoms with Crippen LogP contribution in [-0.2, 0) is 11.2 Å². The van der Waals surface area contributed by atoms with E-state index in [-0.39, 0.29) is 35.9 Å². The number of aromatic nitrogens is 2. The van der Waals surface area contributed by atoms with Crippen molar-refractivity contribution < 1.29 is 23.2 Å². The molecule has 0 saturated carbocycles. The molecule has 0 spiro atoms. The summed E-state index contributed by atoms with van der Waals surface area (Å²) in [4.78, 5) is 41.0. The molecule has 0 atom stereocenters. The molecule has 4 heterocycles. The third kappa shape index (κ3) is 3.44. The molecular formula is C26H22FN5O4. The van der Waals surface area contributed by atoms with Crippen molar-refractivity contribution in [2.75, 3.05) is 22.9 Å². The molecule has 2 aromatic carbocycles. The number of anilines is 2. The summed E-state index contributed by atoms with van der Waals surface area (Å²) in [6.45, 7) is 0.692. The number of fused-ring (bicyclic) bond motifs is 2. The summed E-state index contributed by atoms with van der Waals surface area (Å²) in [7, 11) is 0. The maximum Gasteiger partial charge on any atom is 0.277 e. The summed E-state index contributed by atoms with van der Waals surface area (Å²) >= 11 is 0. The van der Waals surface area contributed by atoms with Gasteiger partial charge in [0.1, 0.15) is 17.1 Å². The lowest BCUT2D eigenvalue weighted by atomic mass is 10.0. The van der Waals surface area contributed by atoms with E-state index in [1.54, 1.807) is 41.5 Å². The van der Waals surface area contributed by atoms with E-state index in [1.807, 2.05) is 0 Å². The lowest BCUT2D eigenvalue weighted by Gasteiger charge is -2.30. The largest absolute Gasteiger partial charge is 0.464 e. The molecule has 0 bridgehead atoms. The molecular weight excluding hydrogens is 465 g/mol. The van der Waals surface area contributed by atoms with Gasteiger partial charge >= 0.3 is 0 Å². The Bertz CT molecular complexity index is 1560. The Morgan fingerprint density at radius 1 is 0.972 bits per heavy atom. The number of carbonyl (C=O) groups is 3. The number of hydrogen-bond acceptors (Lipinski definition) is 5. The van der Waals surface area contributed by atoms with Gasteiger partial charge in [0, 0.05) is 36.1 Å². The molecule has 2 N–H and O–H groups in total. The Kier molecular flexibility index (Phi) is 5.10. The molecule has 2 aliphatic rings. The number of primary amides is 1. The number of benzene rings is 2. The second kappa shape index (κ2) is 8.33. The molecule has 6 rings (SSSR count). The first-order valence-corrected chi connectivity index (χ1v) is 11.7. The van der Waals surface area contributed by atoms with Gasteiger partial charge in [-0.05, 0) is 61.7 Å². The summed E-state index contributed by atoms with van der Waals surface area (Å²) in [5.41, 5.74) is 7.96. The highest BCUT2D eigenvalue weighted by atomic mass is 19.1. The highest BCUT2D eigenvalue weighted by Gasteiger charge is 2.35. The smallest absolute Gasteiger partial charge is 0.277 e. The monoisotopic (exact) mass is 487 g/mol. The van der Waals surface area contributed by atoms with Gasteiger partial charge in [0.15, 0.2) is 5.69 Å². The third-order valence-electron chi connectivity index (χ3n) is 6.79. The molecule has 0 aliphatic carbocycles. The Balaban J connectivity index is 1.40. The van der Waals surface area contributed by atoms with Crippen LogP contribution in [0.4, 0.5) is 15.8 Å². The molecule has 182 valence electrons. The summed E-state index contributed by atoms with van der Waals surface area (Å²) < 4.78 is 22.1. The van der Waals surface area contributed by atoms with E-state index in [4.69, 9.17) is 10.2 Å². The van der Waals surface area contributed by atoms with Crippen LogP contribution in [0.15, 0.2) is 53.1 Å². The van der Waals surface area contributed by atoms with Gasteiger partial charge in [-0.1, -0.05) is 0 Å². The van der Waals surface area contributed by atoms with Crippen molar-refractivity contribution >= 4 is 40.1 Å². The van der Waals surface area contributed by atoms with Crippen LogP contribution in [0.25, 0.3) is 16.7 Å². The zero-order chi connectivity index (χ0) is 25.0. The SMILES string of the molecule is NC(=O)c1nn(-c2ccc3occc3c2)c2c1CCN(c1ccc(N3CCCCC3=O)cc1F)C2=O. The van der Waals surface area contributed by atoms with Gasteiger partial charge in [0.05, 0.1) is 17.6 Å². The third-order valence-corrected chi connectivity index (χ3v) is 6.79. The van der Waals surface area contributed by atoms with E-state index in [1.165, 1.54) is 21.7 Å². The van der Waals surface area contributed by atoms with Crippen molar-refractivity contribution in [3.05, 3.63) is 71.5 Å². The fourth-order valence-electron chi connectivity index (χ4n) is 5.02. The number of hydrogen-bond donors (Lipinski definition) is 1. The standard InChI is InChI=1S/C26H22FN5O4/c27-19-14-16(30-10-2-1-3-22(30)33)4-6-20(19)31-11-8-18-23(25(28)34)29-32(24(18)26(31)35)17-5-7-21-15(13-17)9-12-36-21/h4-7,9,12-14H,1-3,8,10-11H2,(H2,28,34). The average Bonchev–Trinajstić information content (AvgIpc) is 3.50. The second-order valence-electron chi connectivity index (χ2n) is 8.94. The minimum Gasteiger partial charge on any atom is -0.464 e. The van der Waals surface area contributed by atoms with Crippen LogP contribution in [0, 0.1) is 5.82 Å². The lowest BCUT2D eigenvalue weighted by molar-refractivity contribution is -0.119.